The van der Waals surface area contributed by atoms with Gasteiger partial charge in [-0.1, -0.05) is 44.0 Å². The zero-order valence-electron chi connectivity index (χ0n) is 14.9. The van der Waals surface area contributed by atoms with Gasteiger partial charge >= 0.3 is 5.97 Å². The summed E-state index contributed by atoms with van der Waals surface area (Å²) in [7, 11) is -3.57. The number of unbranched alkanes of at least 4 members (excludes halogenated alkanes) is 3. The highest BCUT2D eigenvalue weighted by Gasteiger charge is 2.23. The smallest absolute Gasteiger partial charge is 0.322 e. The lowest BCUT2D eigenvalue weighted by Gasteiger charge is -2.15. The van der Waals surface area contributed by atoms with Crippen LogP contribution in [0.15, 0.2) is 24.3 Å². The molecule has 1 unspecified atom stereocenters. The highest BCUT2D eigenvalue weighted by atomic mass is 32.2. The van der Waals surface area contributed by atoms with E-state index in [-0.39, 0.29) is 12.2 Å². The Hall–Kier alpha value is -1.44. The number of nitrogens with two attached hydrogens (primary N) is 1. The SMILES string of the molecule is CCCCS(=O)(=O)NC(Cc1ccc(CCCCCN)cc1)C(=O)O. The number of nitrogens with one attached hydrogen (secondary N) is 1. The lowest BCUT2D eigenvalue weighted by Crippen LogP contribution is -2.43. The Kier molecular flexibility index (Phi) is 9.70. The average molecular weight is 371 g/mol. The minimum Gasteiger partial charge on any atom is -0.480 e. The maximum atomic E-state index is 11.9. The Morgan fingerprint density at radius 1 is 1.12 bits per heavy atom. The quantitative estimate of drug-likeness (QED) is 0.461. The highest BCUT2D eigenvalue weighted by molar-refractivity contribution is 7.89. The third-order valence-electron chi connectivity index (χ3n) is 4.02. The van der Waals surface area contributed by atoms with Crippen LogP contribution in [0.2, 0.25) is 0 Å². The van der Waals surface area contributed by atoms with Gasteiger partial charge in [0, 0.05) is 0 Å². The number of hydrogen-bond acceptors (Lipinski definition) is 4. The van der Waals surface area contributed by atoms with Crippen molar-refractivity contribution in [1.29, 1.82) is 0 Å². The molecule has 0 spiro atoms. The fraction of sp³-hybridized carbons (Fsp3) is 0.611. The minimum atomic E-state index is -3.57. The monoisotopic (exact) mass is 370 g/mol. The van der Waals surface area contributed by atoms with Crippen molar-refractivity contribution < 1.29 is 18.3 Å². The minimum absolute atomic E-state index is 0.0466. The van der Waals surface area contributed by atoms with Crippen molar-refractivity contribution in [1.82, 2.24) is 4.72 Å². The topological polar surface area (TPSA) is 109 Å². The molecule has 0 bridgehead atoms. The summed E-state index contributed by atoms with van der Waals surface area (Å²) in [6.45, 7) is 2.60. The second-order valence-corrected chi connectivity index (χ2v) is 8.17. The third-order valence-corrected chi connectivity index (χ3v) is 5.49. The Morgan fingerprint density at radius 3 is 2.32 bits per heavy atom. The van der Waals surface area contributed by atoms with Gasteiger partial charge in [0.15, 0.2) is 0 Å². The first kappa shape index (κ1) is 21.6. The number of sulfonamides is 1. The van der Waals surface area contributed by atoms with Crippen LogP contribution in [0.3, 0.4) is 0 Å². The van der Waals surface area contributed by atoms with E-state index in [0.29, 0.717) is 13.0 Å². The predicted molar refractivity (Wildman–Crippen MR) is 100 cm³/mol. The Balaban J connectivity index is 2.62. The van der Waals surface area contributed by atoms with Gasteiger partial charge in [-0.05, 0) is 49.8 Å². The first-order chi connectivity index (χ1) is 11.9. The lowest BCUT2D eigenvalue weighted by molar-refractivity contribution is -0.138. The van der Waals surface area contributed by atoms with E-state index in [0.717, 1.165) is 37.7 Å². The molecule has 25 heavy (non-hydrogen) atoms. The second-order valence-electron chi connectivity index (χ2n) is 6.30. The Morgan fingerprint density at radius 2 is 1.76 bits per heavy atom. The molecule has 0 aliphatic carbocycles. The van der Waals surface area contributed by atoms with Crippen molar-refractivity contribution in [2.24, 2.45) is 5.73 Å². The standard InChI is InChI=1S/C18H30N2O4S/c1-2-3-13-25(23,24)20-17(18(21)22)14-16-10-8-15(9-11-16)7-5-4-6-12-19/h8-11,17,20H,2-7,12-14,19H2,1H3,(H,21,22). The van der Waals surface area contributed by atoms with Gasteiger partial charge in [-0.2, -0.15) is 0 Å². The van der Waals surface area contributed by atoms with E-state index >= 15 is 0 Å². The number of carboxylic acids is 1. The van der Waals surface area contributed by atoms with E-state index < -0.39 is 22.0 Å². The van der Waals surface area contributed by atoms with Crippen LogP contribution in [-0.2, 0) is 27.7 Å². The molecule has 1 aromatic carbocycles. The van der Waals surface area contributed by atoms with Crippen LogP contribution < -0.4 is 10.5 Å². The summed E-state index contributed by atoms with van der Waals surface area (Å²) in [5.41, 5.74) is 7.47. The van der Waals surface area contributed by atoms with Gasteiger partial charge in [0.25, 0.3) is 0 Å². The van der Waals surface area contributed by atoms with E-state index in [1.807, 2.05) is 31.2 Å². The molecule has 0 fully saturated rings. The maximum Gasteiger partial charge on any atom is 0.322 e. The molecule has 1 atom stereocenters. The molecule has 0 saturated carbocycles. The number of rotatable bonds is 13. The molecule has 1 rings (SSSR count). The Bertz CT molecular complexity index is 614. The van der Waals surface area contributed by atoms with Gasteiger partial charge in [0.05, 0.1) is 5.75 Å². The van der Waals surface area contributed by atoms with Gasteiger partial charge in [-0.25, -0.2) is 13.1 Å². The number of carboxylic acid groups (broad SMARTS) is 1. The normalized spacial score (nSPS) is 12.9. The number of carbonyl (C=O) groups is 1. The molecule has 0 amide bonds. The maximum absolute atomic E-state index is 11.9. The van der Waals surface area contributed by atoms with Crippen molar-refractivity contribution in [3.8, 4) is 0 Å². The van der Waals surface area contributed by atoms with Crippen LogP contribution in [0.5, 0.6) is 0 Å². The van der Waals surface area contributed by atoms with Gasteiger partial charge in [0.1, 0.15) is 6.04 Å². The van der Waals surface area contributed by atoms with Crippen LogP contribution >= 0.6 is 0 Å². The summed E-state index contributed by atoms with van der Waals surface area (Å²) >= 11 is 0. The van der Waals surface area contributed by atoms with Gasteiger partial charge < -0.3 is 10.8 Å². The van der Waals surface area contributed by atoms with Crippen LogP contribution in [0, 0.1) is 0 Å². The molecule has 6 nitrogen and oxygen atoms in total. The van der Waals surface area contributed by atoms with Gasteiger partial charge in [-0.3, -0.25) is 4.79 Å². The summed E-state index contributed by atoms with van der Waals surface area (Å²) in [5, 5.41) is 9.31. The molecule has 0 aliphatic rings. The highest BCUT2D eigenvalue weighted by Crippen LogP contribution is 2.11. The molecule has 0 saturated heterocycles. The molecular formula is C18H30N2O4S. The summed E-state index contributed by atoms with van der Waals surface area (Å²) in [4.78, 5) is 11.4. The lowest BCUT2D eigenvalue weighted by atomic mass is 10.0. The molecule has 0 heterocycles. The molecule has 0 radical (unpaired) electrons. The van der Waals surface area contributed by atoms with Crippen molar-refractivity contribution in [3.63, 3.8) is 0 Å². The Labute approximate surface area is 150 Å². The van der Waals surface area contributed by atoms with Crippen molar-refractivity contribution in [2.45, 2.75) is 57.9 Å². The summed E-state index contributed by atoms with van der Waals surface area (Å²) in [5.74, 6) is -1.21. The van der Waals surface area contributed by atoms with E-state index in [1.165, 1.54) is 5.56 Å². The van der Waals surface area contributed by atoms with E-state index in [2.05, 4.69) is 4.72 Å². The predicted octanol–water partition coefficient (Wildman–Crippen LogP) is 2.07. The molecule has 7 heteroatoms. The summed E-state index contributed by atoms with van der Waals surface area (Å²) in [6, 6.07) is 6.55. The van der Waals surface area contributed by atoms with Crippen LogP contribution in [-0.4, -0.2) is 37.8 Å². The van der Waals surface area contributed by atoms with Crippen molar-refractivity contribution >= 4 is 16.0 Å². The zero-order valence-corrected chi connectivity index (χ0v) is 15.7. The zero-order chi connectivity index (χ0) is 18.7. The first-order valence-corrected chi connectivity index (χ1v) is 10.5. The number of aliphatic carboxylic acids is 1. The van der Waals surface area contributed by atoms with Crippen molar-refractivity contribution in [3.05, 3.63) is 35.4 Å². The molecular weight excluding hydrogens is 340 g/mol. The van der Waals surface area contributed by atoms with Gasteiger partial charge in [0.2, 0.25) is 10.0 Å². The fourth-order valence-electron chi connectivity index (χ4n) is 2.52. The van der Waals surface area contributed by atoms with E-state index in [4.69, 9.17) is 5.73 Å². The number of aryl methyl sites for hydroxylation is 1. The third kappa shape index (κ3) is 9.00. The average Bonchev–Trinajstić information content (AvgIpc) is 2.57. The second kappa shape index (κ2) is 11.2. The molecule has 1 aromatic rings. The number of hydrogen-bond donors (Lipinski definition) is 3. The molecule has 4 N–H and O–H groups in total. The first-order valence-electron chi connectivity index (χ1n) is 8.88. The summed E-state index contributed by atoms with van der Waals surface area (Å²) < 4.78 is 26.2. The van der Waals surface area contributed by atoms with Crippen molar-refractivity contribution in [2.75, 3.05) is 12.3 Å². The van der Waals surface area contributed by atoms with E-state index in [9.17, 15) is 18.3 Å². The fourth-order valence-corrected chi connectivity index (χ4v) is 3.92. The van der Waals surface area contributed by atoms with E-state index in [1.54, 1.807) is 0 Å². The van der Waals surface area contributed by atoms with Crippen LogP contribution in [0.25, 0.3) is 0 Å². The van der Waals surface area contributed by atoms with Crippen LogP contribution in [0.4, 0.5) is 0 Å². The van der Waals surface area contributed by atoms with Crippen LogP contribution in [0.1, 0.15) is 50.2 Å². The molecule has 142 valence electrons. The summed E-state index contributed by atoms with van der Waals surface area (Å²) in [6.07, 6.45) is 5.55. The number of benzene rings is 1. The molecule has 0 aliphatic heterocycles. The largest absolute Gasteiger partial charge is 0.480 e. The van der Waals surface area contributed by atoms with Gasteiger partial charge in [-0.15, -0.1) is 0 Å². The molecule has 0 aromatic heterocycles.